The molecule has 0 saturated carbocycles. The van der Waals surface area contributed by atoms with Gasteiger partial charge >= 0.3 is 0 Å². The van der Waals surface area contributed by atoms with E-state index in [4.69, 9.17) is 0 Å². The van der Waals surface area contributed by atoms with Crippen LogP contribution in [0.2, 0.25) is 0 Å². The van der Waals surface area contributed by atoms with E-state index < -0.39 is 0 Å². The largest absolute Gasteiger partial charge is 0.353 e. The van der Waals surface area contributed by atoms with Crippen LogP contribution < -0.4 is 5.32 Å². The molecule has 0 bridgehead atoms. The molecule has 0 atom stereocenters. The molecule has 0 aliphatic heterocycles. The van der Waals surface area contributed by atoms with Crippen molar-refractivity contribution in [3.63, 3.8) is 0 Å². The lowest BCUT2D eigenvalue weighted by Gasteiger charge is -2.09. The highest BCUT2D eigenvalue weighted by molar-refractivity contribution is 7.99. The molecule has 0 spiro atoms. The van der Waals surface area contributed by atoms with Gasteiger partial charge in [0.25, 0.3) is 0 Å². The zero-order chi connectivity index (χ0) is 15.2. The van der Waals surface area contributed by atoms with Crippen LogP contribution in [0.4, 0.5) is 0 Å². The van der Waals surface area contributed by atoms with E-state index >= 15 is 0 Å². The zero-order valence-electron chi connectivity index (χ0n) is 12.4. The van der Waals surface area contributed by atoms with Crippen molar-refractivity contribution in [1.29, 1.82) is 0 Å². The Bertz CT molecular complexity index is 597. The lowest BCUT2D eigenvalue weighted by atomic mass is 10.2. The number of thioether (sulfide) groups is 1. The second-order valence-electron chi connectivity index (χ2n) is 4.80. The number of hydrogen-bond acceptors (Lipinski definition) is 5. The van der Waals surface area contributed by atoms with Crippen molar-refractivity contribution in [2.45, 2.75) is 38.5 Å². The molecule has 2 heterocycles. The number of nitrogens with one attached hydrogen (secondary N) is 1. The molecule has 0 aliphatic rings. The summed E-state index contributed by atoms with van der Waals surface area (Å²) in [7, 11) is 0. The van der Waals surface area contributed by atoms with Crippen molar-refractivity contribution in [2.75, 3.05) is 5.75 Å². The maximum atomic E-state index is 11.7. The van der Waals surface area contributed by atoms with E-state index in [1.54, 1.807) is 12.4 Å². The Morgan fingerprint density at radius 2 is 2.05 bits per heavy atom. The SMILES string of the molecule is CCn1c(SCC(=O)NC(C)C)nnc1-c1ccncc1. The Balaban J connectivity index is 2.11. The van der Waals surface area contributed by atoms with Gasteiger partial charge in [0.15, 0.2) is 11.0 Å². The van der Waals surface area contributed by atoms with Crippen LogP contribution in [0.3, 0.4) is 0 Å². The number of aromatic nitrogens is 4. The summed E-state index contributed by atoms with van der Waals surface area (Å²) in [6.45, 7) is 6.67. The van der Waals surface area contributed by atoms with E-state index in [9.17, 15) is 4.79 Å². The number of hydrogen-bond donors (Lipinski definition) is 1. The van der Waals surface area contributed by atoms with E-state index in [2.05, 4.69) is 20.5 Å². The van der Waals surface area contributed by atoms with Gasteiger partial charge in [0.2, 0.25) is 5.91 Å². The Labute approximate surface area is 128 Å². The van der Waals surface area contributed by atoms with Gasteiger partial charge in [-0.15, -0.1) is 10.2 Å². The van der Waals surface area contributed by atoms with Crippen LogP contribution in [0.25, 0.3) is 11.4 Å². The van der Waals surface area contributed by atoms with Gasteiger partial charge in [-0.3, -0.25) is 9.78 Å². The maximum Gasteiger partial charge on any atom is 0.230 e. The van der Waals surface area contributed by atoms with E-state index in [1.807, 2.05) is 37.5 Å². The van der Waals surface area contributed by atoms with Crippen LogP contribution in [0.5, 0.6) is 0 Å². The first-order chi connectivity index (χ1) is 10.1. The van der Waals surface area contributed by atoms with Gasteiger partial charge in [0.05, 0.1) is 5.75 Å². The predicted molar refractivity (Wildman–Crippen MR) is 82.9 cm³/mol. The minimum Gasteiger partial charge on any atom is -0.353 e. The number of carbonyl (C=O) groups is 1. The molecule has 2 rings (SSSR count). The predicted octanol–water partition coefficient (Wildman–Crippen LogP) is 1.98. The fourth-order valence-corrected chi connectivity index (χ4v) is 2.70. The quantitative estimate of drug-likeness (QED) is 0.826. The smallest absolute Gasteiger partial charge is 0.230 e. The van der Waals surface area contributed by atoms with E-state index in [0.717, 1.165) is 23.1 Å². The third-order valence-corrected chi connectivity index (χ3v) is 3.72. The molecule has 1 amide bonds. The monoisotopic (exact) mass is 305 g/mol. The van der Waals surface area contributed by atoms with Gasteiger partial charge in [-0.25, -0.2) is 0 Å². The molecule has 6 nitrogen and oxygen atoms in total. The first-order valence-corrected chi connectivity index (χ1v) is 7.86. The van der Waals surface area contributed by atoms with E-state index in [1.165, 1.54) is 11.8 Å². The molecule has 1 N–H and O–H groups in total. The van der Waals surface area contributed by atoms with Crippen LogP contribution in [0.15, 0.2) is 29.7 Å². The second kappa shape index (κ2) is 7.21. The van der Waals surface area contributed by atoms with Crippen LogP contribution in [0, 0.1) is 0 Å². The van der Waals surface area contributed by atoms with Crippen molar-refractivity contribution >= 4 is 17.7 Å². The molecule has 0 fully saturated rings. The van der Waals surface area contributed by atoms with Crippen molar-refractivity contribution < 1.29 is 4.79 Å². The highest BCUT2D eigenvalue weighted by atomic mass is 32.2. The van der Waals surface area contributed by atoms with Crippen molar-refractivity contribution in [3.8, 4) is 11.4 Å². The number of pyridine rings is 1. The highest BCUT2D eigenvalue weighted by Gasteiger charge is 2.14. The molecule has 0 radical (unpaired) electrons. The standard InChI is InChI=1S/C14H19N5OS/c1-4-19-13(11-5-7-15-8-6-11)17-18-14(19)21-9-12(20)16-10(2)3/h5-8,10H,4,9H2,1-3H3,(H,16,20). The maximum absolute atomic E-state index is 11.7. The van der Waals surface area contributed by atoms with Gasteiger partial charge < -0.3 is 9.88 Å². The molecule has 0 unspecified atom stereocenters. The molecule has 2 aromatic rings. The van der Waals surface area contributed by atoms with Gasteiger partial charge in [-0.2, -0.15) is 0 Å². The molecule has 0 aliphatic carbocycles. The van der Waals surface area contributed by atoms with Crippen LogP contribution in [0.1, 0.15) is 20.8 Å². The summed E-state index contributed by atoms with van der Waals surface area (Å²) in [6, 6.07) is 3.95. The second-order valence-corrected chi connectivity index (χ2v) is 5.74. The number of amides is 1. The average molecular weight is 305 g/mol. The molecule has 0 saturated heterocycles. The first kappa shape index (κ1) is 15.5. The number of carbonyl (C=O) groups excluding carboxylic acids is 1. The fraction of sp³-hybridized carbons (Fsp3) is 0.429. The highest BCUT2D eigenvalue weighted by Crippen LogP contribution is 2.23. The van der Waals surface area contributed by atoms with Crippen molar-refractivity contribution in [1.82, 2.24) is 25.1 Å². The van der Waals surface area contributed by atoms with Gasteiger partial charge in [-0.1, -0.05) is 11.8 Å². The molecule has 112 valence electrons. The molecule has 0 aromatic carbocycles. The van der Waals surface area contributed by atoms with Crippen LogP contribution in [-0.2, 0) is 11.3 Å². The third-order valence-electron chi connectivity index (χ3n) is 2.75. The third kappa shape index (κ3) is 4.04. The van der Waals surface area contributed by atoms with Crippen LogP contribution in [-0.4, -0.2) is 37.5 Å². The number of nitrogens with zero attached hydrogens (tertiary/aromatic N) is 4. The topological polar surface area (TPSA) is 72.7 Å². The molecule has 7 heteroatoms. The molecular weight excluding hydrogens is 286 g/mol. The van der Waals surface area contributed by atoms with Crippen molar-refractivity contribution in [3.05, 3.63) is 24.5 Å². The Kier molecular flexibility index (Phi) is 5.32. The summed E-state index contributed by atoms with van der Waals surface area (Å²) in [5.41, 5.74) is 0.970. The Hall–Kier alpha value is -1.89. The Morgan fingerprint density at radius 3 is 2.67 bits per heavy atom. The minimum absolute atomic E-state index is 0.00566. The molecule has 2 aromatic heterocycles. The normalized spacial score (nSPS) is 10.9. The summed E-state index contributed by atoms with van der Waals surface area (Å²) < 4.78 is 2.00. The van der Waals surface area contributed by atoms with Gasteiger partial charge in [0, 0.05) is 30.5 Å². The lowest BCUT2D eigenvalue weighted by molar-refractivity contribution is -0.119. The summed E-state index contributed by atoms with van der Waals surface area (Å²) >= 11 is 1.40. The first-order valence-electron chi connectivity index (χ1n) is 6.87. The van der Waals surface area contributed by atoms with E-state index in [0.29, 0.717) is 5.75 Å². The average Bonchev–Trinajstić information content (AvgIpc) is 2.88. The lowest BCUT2D eigenvalue weighted by Crippen LogP contribution is -2.31. The van der Waals surface area contributed by atoms with Gasteiger partial charge in [0.1, 0.15) is 0 Å². The number of rotatable bonds is 6. The van der Waals surface area contributed by atoms with Crippen molar-refractivity contribution in [2.24, 2.45) is 0 Å². The molecule has 21 heavy (non-hydrogen) atoms. The summed E-state index contributed by atoms with van der Waals surface area (Å²) in [5, 5.41) is 12.0. The summed E-state index contributed by atoms with van der Waals surface area (Å²) in [4.78, 5) is 15.7. The summed E-state index contributed by atoms with van der Waals surface area (Å²) in [6.07, 6.45) is 3.46. The van der Waals surface area contributed by atoms with Gasteiger partial charge in [-0.05, 0) is 32.9 Å². The van der Waals surface area contributed by atoms with E-state index in [-0.39, 0.29) is 11.9 Å². The van der Waals surface area contributed by atoms with Crippen LogP contribution >= 0.6 is 11.8 Å². The molecular formula is C14H19N5OS. The zero-order valence-corrected chi connectivity index (χ0v) is 13.2. The Morgan fingerprint density at radius 1 is 1.33 bits per heavy atom. The summed E-state index contributed by atoms with van der Waals surface area (Å²) in [5.74, 6) is 1.14. The fourth-order valence-electron chi connectivity index (χ4n) is 1.89. The minimum atomic E-state index is 0.00566.